The summed E-state index contributed by atoms with van der Waals surface area (Å²) in [5.41, 5.74) is 0. The predicted molar refractivity (Wildman–Crippen MR) is 81.2 cm³/mol. The molecule has 0 spiro atoms. The van der Waals surface area contributed by atoms with Gasteiger partial charge >= 0.3 is 0 Å². The molecule has 20 heavy (non-hydrogen) atoms. The zero-order chi connectivity index (χ0) is 13.6. The minimum absolute atomic E-state index is 0.776. The molecule has 1 aromatic carbocycles. The summed E-state index contributed by atoms with van der Waals surface area (Å²) in [6.07, 6.45) is 1.32. The normalized spacial score (nSPS) is 24.9. The van der Waals surface area contributed by atoms with Gasteiger partial charge in [0.05, 0.1) is 0 Å². The fourth-order valence-electron chi connectivity index (χ4n) is 3.11. The molecule has 3 rings (SSSR count). The first-order valence-corrected chi connectivity index (χ1v) is 7.77. The van der Waals surface area contributed by atoms with Crippen LogP contribution in [0.15, 0.2) is 30.3 Å². The van der Waals surface area contributed by atoms with Gasteiger partial charge in [0.25, 0.3) is 0 Å². The van der Waals surface area contributed by atoms with Crippen molar-refractivity contribution in [3.8, 4) is 5.75 Å². The Morgan fingerprint density at radius 1 is 1.10 bits per heavy atom. The van der Waals surface area contributed by atoms with Gasteiger partial charge in [-0.25, -0.2) is 0 Å². The Bertz CT molecular complexity index is 384. The molecule has 0 aliphatic carbocycles. The number of para-hydroxylation sites is 1. The second-order valence-corrected chi connectivity index (χ2v) is 5.69. The van der Waals surface area contributed by atoms with E-state index in [1.807, 2.05) is 30.3 Å². The van der Waals surface area contributed by atoms with Crippen LogP contribution in [-0.4, -0.2) is 68.3 Å². The Hall–Kier alpha value is -1.10. The number of hydrogen-bond donors (Lipinski definition) is 1. The van der Waals surface area contributed by atoms with Crippen molar-refractivity contribution < 1.29 is 4.74 Å². The smallest absolute Gasteiger partial charge is 0.119 e. The Kier molecular flexibility index (Phi) is 4.90. The fourth-order valence-corrected chi connectivity index (χ4v) is 3.11. The largest absolute Gasteiger partial charge is 0.492 e. The van der Waals surface area contributed by atoms with E-state index < -0.39 is 0 Å². The van der Waals surface area contributed by atoms with Crippen molar-refractivity contribution in [1.82, 2.24) is 15.1 Å². The van der Waals surface area contributed by atoms with Crippen LogP contribution in [0.2, 0.25) is 0 Å². The first-order valence-electron chi connectivity index (χ1n) is 7.77. The number of hydrogen-bond acceptors (Lipinski definition) is 4. The Morgan fingerprint density at radius 3 is 2.60 bits per heavy atom. The van der Waals surface area contributed by atoms with Gasteiger partial charge in [0.15, 0.2) is 0 Å². The zero-order valence-corrected chi connectivity index (χ0v) is 12.1. The summed E-state index contributed by atoms with van der Waals surface area (Å²) < 4.78 is 5.77. The van der Waals surface area contributed by atoms with Crippen molar-refractivity contribution >= 4 is 0 Å². The van der Waals surface area contributed by atoms with Crippen LogP contribution in [-0.2, 0) is 0 Å². The highest BCUT2D eigenvalue weighted by molar-refractivity contribution is 5.20. The van der Waals surface area contributed by atoms with E-state index in [0.717, 1.165) is 24.9 Å². The van der Waals surface area contributed by atoms with Gasteiger partial charge in [-0.3, -0.25) is 9.80 Å². The molecule has 1 N–H and O–H groups in total. The summed E-state index contributed by atoms with van der Waals surface area (Å²) in [7, 11) is 0. The van der Waals surface area contributed by atoms with E-state index in [-0.39, 0.29) is 0 Å². The van der Waals surface area contributed by atoms with Crippen molar-refractivity contribution in [2.75, 3.05) is 52.4 Å². The van der Waals surface area contributed by atoms with E-state index in [4.69, 9.17) is 4.74 Å². The summed E-state index contributed by atoms with van der Waals surface area (Å²) in [5, 5.41) is 3.46. The van der Waals surface area contributed by atoms with Crippen molar-refractivity contribution in [3.63, 3.8) is 0 Å². The van der Waals surface area contributed by atoms with Gasteiger partial charge in [0.2, 0.25) is 0 Å². The second kappa shape index (κ2) is 7.07. The summed E-state index contributed by atoms with van der Waals surface area (Å²) in [5.74, 6) is 0.975. The molecule has 4 nitrogen and oxygen atoms in total. The molecule has 110 valence electrons. The minimum Gasteiger partial charge on any atom is -0.492 e. The van der Waals surface area contributed by atoms with E-state index in [9.17, 15) is 0 Å². The van der Waals surface area contributed by atoms with Gasteiger partial charge in [0, 0.05) is 45.3 Å². The lowest BCUT2D eigenvalue weighted by Gasteiger charge is -2.37. The zero-order valence-electron chi connectivity index (χ0n) is 12.1. The van der Waals surface area contributed by atoms with E-state index >= 15 is 0 Å². The maximum atomic E-state index is 5.77. The topological polar surface area (TPSA) is 27.7 Å². The fraction of sp³-hybridized carbons (Fsp3) is 0.625. The monoisotopic (exact) mass is 275 g/mol. The second-order valence-electron chi connectivity index (χ2n) is 5.69. The highest BCUT2D eigenvalue weighted by Gasteiger charge is 2.25. The molecule has 0 amide bonds. The first-order chi connectivity index (χ1) is 9.92. The van der Waals surface area contributed by atoms with Crippen LogP contribution in [0.1, 0.15) is 6.42 Å². The number of piperazine rings is 1. The Balaban J connectivity index is 1.34. The number of rotatable bonds is 5. The van der Waals surface area contributed by atoms with Crippen LogP contribution in [0.5, 0.6) is 5.75 Å². The number of nitrogens with zero attached hydrogens (tertiary/aromatic N) is 2. The molecule has 0 saturated carbocycles. The van der Waals surface area contributed by atoms with E-state index in [1.165, 1.54) is 45.7 Å². The highest BCUT2D eigenvalue weighted by Crippen LogP contribution is 2.12. The molecule has 2 aliphatic heterocycles. The Labute approximate surface area is 121 Å². The maximum Gasteiger partial charge on any atom is 0.119 e. The standard InChI is InChI=1S/C16H25N3O/c1-2-4-16(5-3-1)20-13-12-18-8-10-19(11-9-18)15-6-7-17-14-15/h1-5,15,17H,6-14H2. The third-order valence-corrected chi connectivity index (χ3v) is 4.38. The molecule has 2 heterocycles. The minimum atomic E-state index is 0.776. The third-order valence-electron chi connectivity index (χ3n) is 4.38. The molecular weight excluding hydrogens is 250 g/mol. The lowest BCUT2D eigenvalue weighted by molar-refractivity contribution is 0.0921. The van der Waals surface area contributed by atoms with Crippen molar-refractivity contribution in [1.29, 1.82) is 0 Å². The Morgan fingerprint density at radius 2 is 1.90 bits per heavy atom. The van der Waals surface area contributed by atoms with Crippen LogP contribution in [0.3, 0.4) is 0 Å². The SMILES string of the molecule is c1ccc(OCCN2CCN(C3CCNC3)CC2)cc1. The van der Waals surface area contributed by atoms with Crippen LogP contribution < -0.4 is 10.1 Å². The molecule has 1 unspecified atom stereocenters. The summed E-state index contributed by atoms with van der Waals surface area (Å²) in [6.45, 7) is 8.95. The quantitative estimate of drug-likeness (QED) is 0.869. The van der Waals surface area contributed by atoms with Crippen molar-refractivity contribution in [3.05, 3.63) is 30.3 Å². The molecule has 2 aliphatic rings. The molecule has 1 atom stereocenters. The summed E-state index contributed by atoms with van der Waals surface area (Å²) >= 11 is 0. The molecule has 0 radical (unpaired) electrons. The molecular formula is C16H25N3O. The first kappa shape index (κ1) is 13.9. The molecule has 0 aromatic heterocycles. The van der Waals surface area contributed by atoms with Crippen LogP contribution >= 0.6 is 0 Å². The lowest BCUT2D eigenvalue weighted by atomic mass is 10.2. The predicted octanol–water partition coefficient (Wildman–Crippen LogP) is 1.04. The molecule has 1 aromatic rings. The average molecular weight is 275 g/mol. The van der Waals surface area contributed by atoms with Gasteiger partial charge in [-0.05, 0) is 25.1 Å². The average Bonchev–Trinajstić information content (AvgIpc) is 3.03. The van der Waals surface area contributed by atoms with E-state index in [0.29, 0.717) is 0 Å². The van der Waals surface area contributed by atoms with Gasteiger partial charge < -0.3 is 10.1 Å². The maximum absolute atomic E-state index is 5.77. The van der Waals surface area contributed by atoms with Crippen molar-refractivity contribution in [2.24, 2.45) is 0 Å². The van der Waals surface area contributed by atoms with Gasteiger partial charge in [0.1, 0.15) is 12.4 Å². The van der Waals surface area contributed by atoms with E-state index in [1.54, 1.807) is 0 Å². The molecule has 4 heteroatoms. The van der Waals surface area contributed by atoms with Gasteiger partial charge in [-0.1, -0.05) is 18.2 Å². The molecule has 2 saturated heterocycles. The van der Waals surface area contributed by atoms with Crippen LogP contribution in [0.4, 0.5) is 0 Å². The van der Waals surface area contributed by atoms with Gasteiger partial charge in [-0.2, -0.15) is 0 Å². The lowest BCUT2D eigenvalue weighted by Crippen LogP contribution is -2.51. The summed E-state index contributed by atoms with van der Waals surface area (Å²) in [6, 6.07) is 10.9. The van der Waals surface area contributed by atoms with Crippen molar-refractivity contribution in [2.45, 2.75) is 12.5 Å². The number of ether oxygens (including phenoxy) is 1. The molecule has 0 bridgehead atoms. The summed E-state index contributed by atoms with van der Waals surface area (Å²) in [4.78, 5) is 5.16. The highest BCUT2D eigenvalue weighted by atomic mass is 16.5. The van der Waals surface area contributed by atoms with Crippen LogP contribution in [0.25, 0.3) is 0 Å². The van der Waals surface area contributed by atoms with E-state index in [2.05, 4.69) is 15.1 Å². The number of nitrogens with one attached hydrogen (secondary N) is 1. The molecule has 2 fully saturated rings. The number of benzene rings is 1. The van der Waals surface area contributed by atoms with Gasteiger partial charge in [-0.15, -0.1) is 0 Å². The third kappa shape index (κ3) is 3.72. The van der Waals surface area contributed by atoms with Crippen LogP contribution in [0, 0.1) is 0 Å².